The molecular weight excluding hydrogens is 281 g/mol. The van der Waals surface area contributed by atoms with Crippen LogP contribution in [0.25, 0.3) is 0 Å². The molecule has 80 valence electrons. The molecule has 0 atom stereocenters. The van der Waals surface area contributed by atoms with E-state index < -0.39 is 0 Å². The number of hydrogen-bond acceptors (Lipinski definition) is 2. The van der Waals surface area contributed by atoms with Gasteiger partial charge in [0.25, 0.3) is 0 Å². The summed E-state index contributed by atoms with van der Waals surface area (Å²) in [6, 6.07) is 5.11. The Balaban J connectivity index is 2.76. The van der Waals surface area contributed by atoms with Crippen LogP contribution in [-0.4, -0.2) is 11.7 Å². The summed E-state index contributed by atoms with van der Waals surface area (Å²) >= 11 is 9.12. The minimum absolute atomic E-state index is 0.136. The Labute approximate surface area is 101 Å². The van der Waals surface area contributed by atoms with E-state index in [-0.39, 0.29) is 18.1 Å². The van der Waals surface area contributed by atoms with Crippen LogP contribution >= 0.6 is 27.5 Å². The van der Waals surface area contributed by atoms with Crippen molar-refractivity contribution in [2.45, 2.75) is 13.3 Å². The lowest BCUT2D eigenvalue weighted by atomic mass is 10.2. The fraction of sp³-hybridized carbons (Fsp3) is 0.200. The Morgan fingerprint density at radius 1 is 1.47 bits per heavy atom. The second-order valence-corrected chi connectivity index (χ2v) is 4.37. The molecule has 0 bridgehead atoms. The summed E-state index contributed by atoms with van der Waals surface area (Å²) in [5, 5.41) is 3.00. The van der Waals surface area contributed by atoms with Crippen LogP contribution in [0, 0.1) is 0 Å². The Hall–Kier alpha value is -0.870. The summed E-state index contributed by atoms with van der Waals surface area (Å²) in [6.45, 7) is 1.36. The van der Waals surface area contributed by atoms with Crippen LogP contribution in [0.4, 0.5) is 5.69 Å². The van der Waals surface area contributed by atoms with E-state index in [1.165, 1.54) is 6.92 Å². The van der Waals surface area contributed by atoms with E-state index in [2.05, 4.69) is 21.2 Å². The molecule has 0 fully saturated rings. The van der Waals surface area contributed by atoms with Crippen molar-refractivity contribution < 1.29 is 9.59 Å². The number of carbonyl (C=O) groups is 2. The summed E-state index contributed by atoms with van der Waals surface area (Å²) in [5.74, 6) is -0.541. The first-order valence-electron chi connectivity index (χ1n) is 4.23. The van der Waals surface area contributed by atoms with Gasteiger partial charge in [-0.3, -0.25) is 9.59 Å². The van der Waals surface area contributed by atoms with Crippen LogP contribution in [0.2, 0.25) is 5.02 Å². The number of halogens is 2. The normalized spacial score (nSPS) is 9.80. The first-order valence-corrected chi connectivity index (χ1v) is 5.40. The number of ketones is 1. The maximum Gasteiger partial charge on any atom is 0.231 e. The Morgan fingerprint density at radius 2 is 2.13 bits per heavy atom. The predicted octanol–water partition coefficient (Wildman–Crippen LogP) is 3.02. The van der Waals surface area contributed by atoms with Crippen LogP contribution in [0.5, 0.6) is 0 Å². The Kier molecular flexibility index (Phi) is 4.29. The van der Waals surface area contributed by atoms with E-state index >= 15 is 0 Å². The van der Waals surface area contributed by atoms with Crippen molar-refractivity contribution in [3.05, 3.63) is 27.7 Å². The van der Waals surface area contributed by atoms with E-state index in [0.29, 0.717) is 10.7 Å². The van der Waals surface area contributed by atoms with Gasteiger partial charge in [0.05, 0.1) is 17.1 Å². The van der Waals surface area contributed by atoms with E-state index in [1.807, 2.05) is 0 Å². The lowest BCUT2D eigenvalue weighted by Crippen LogP contribution is -2.14. The van der Waals surface area contributed by atoms with Gasteiger partial charge in [-0.1, -0.05) is 27.5 Å². The van der Waals surface area contributed by atoms with Gasteiger partial charge in [0.15, 0.2) is 0 Å². The molecule has 0 saturated carbocycles. The van der Waals surface area contributed by atoms with Gasteiger partial charge in [0, 0.05) is 4.47 Å². The highest BCUT2D eigenvalue weighted by Gasteiger charge is 2.08. The highest BCUT2D eigenvalue weighted by molar-refractivity contribution is 9.10. The van der Waals surface area contributed by atoms with Crippen LogP contribution in [0.15, 0.2) is 22.7 Å². The summed E-state index contributed by atoms with van der Waals surface area (Å²) in [5.41, 5.74) is 0.497. The van der Waals surface area contributed by atoms with Crippen molar-refractivity contribution in [1.82, 2.24) is 0 Å². The third kappa shape index (κ3) is 4.01. The molecule has 1 aromatic carbocycles. The fourth-order valence-electron chi connectivity index (χ4n) is 1.01. The second-order valence-electron chi connectivity index (χ2n) is 3.05. The molecule has 1 N–H and O–H groups in total. The van der Waals surface area contributed by atoms with Gasteiger partial charge in [-0.05, 0) is 25.1 Å². The van der Waals surface area contributed by atoms with Gasteiger partial charge < -0.3 is 5.32 Å². The summed E-state index contributed by atoms with van der Waals surface area (Å²) in [7, 11) is 0. The Bertz CT molecular complexity index is 406. The van der Waals surface area contributed by atoms with Crippen molar-refractivity contribution >= 4 is 44.9 Å². The number of Topliss-reactive ketones (excluding diaryl/α,β-unsaturated/α-hetero) is 1. The molecule has 5 heteroatoms. The van der Waals surface area contributed by atoms with E-state index in [4.69, 9.17) is 11.6 Å². The van der Waals surface area contributed by atoms with Crippen molar-refractivity contribution in [2.75, 3.05) is 5.32 Å². The van der Waals surface area contributed by atoms with Gasteiger partial charge >= 0.3 is 0 Å². The molecule has 3 nitrogen and oxygen atoms in total. The molecule has 0 saturated heterocycles. The zero-order chi connectivity index (χ0) is 11.4. The predicted molar refractivity (Wildman–Crippen MR) is 63.1 cm³/mol. The zero-order valence-corrected chi connectivity index (χ0v) is 10.4. The van der Waals surface area contributed by atoms with E-state index in [1.54, 1.807) is 18.2 Å². The molecule has 0 aliphatic carbocycles. The number of rotatable bonds is 3. The first kappa shape index (κ1) is 12.2. The zero-order valence-electron chi connectivity index (χ0n) is 8.01. The molecule has 1 rings (SSSR count). The second kappa shape index (κ2) is 5.28. The molecule has 0 spiro atoms. The van der Waals surface area contributed by atoms with Gasteiger partial charge in [-0.2, -0.15) is 0 Å². The van der Waals surface area contributed by atoms with Crippen LogP contribution in [0.1, 0.15) is 13.3 Å². The van der Waals surface area contributed by atoms with Crippen LogP contribution in [0.3, 0.4) is 0 Å². The molecule has 1 aromatic rings. The smallest absolute Gasteiger partial charge is 0.231 e. The van der Waals surface area contributed by atoms with Crippen LogP contribution in [-0.2, 0) is 9.59 Å². The lowest BCUT2D eigenvalue weighted by molar-refractivity contribution is -0.124. The number of nitrogens with one attached hydrogen (secondary N) is 1. The molecule has 1 amide bonds. The average Bonchev–Trinajstić information content (AvgIpc) is 2.10. The lowest BCUT2D eigenvalue weighted by Gasteiger charge is -2.06. The van der Waals surface area contributed by atoms with Gasteiger partial charge in [-0.15, -0.1) is 0 Å². The van der Waals surface area contributed by atoms with E-state index in [0.717, 1.165) is 4.47 Å². The molecular formula is C10H9BrClNO2. The largest absolute Gasteiger partial charge is 0.324 e. The molecule has 0 aliphatic rings. The molecule has 0 unspecified atom stereocenters. The number of amides is 1. The Morgan fingerprint density at radius 3 is 2.73 bits per heavy atom. The number of carbonyl (C=O) groups excluding carboxylic acids is 2. The third-order valence-corrected chi connectivity index (χ3v) is 2.43. The quantitative estimate of drug-likeness (QED) is 0.870. The summed E-state index contributed by atoms with van der Waals surface area (Å²) in [6.07, 6.45) is -0.136. The summed E-state index contributed by atoms with van der Waals surface area (Å²) < 4.78 is 0.810. The SMILES string of the molecule is CC(=O)CC(=O)Nc1cc(Br)ccc1Cl. The highest BCUT2D eigenvalue weighted by atomic mass is 79.9. The molecule has 0 radical (unpaired) electrons. The van der Waals surface area contributed by atoms with Crippen molar-refractivity contribution in [1.29, 1.82) is 0 Å². The maximum absolute atomic E-state index is 11.3. The molecule has 0 aromatic heterocycles. The first-order chi connectivity index (χ1) is 6.99. The average molecular weight is 291 g/mol. The standard InChI is InChI=1S/C10H9BrClNO2/c1-6(14)4-10(15)13-9-5-7(11)2-3-8(9)12/h2-3,5H,4H2,1H3,(H,13,15). The van der Waals surface area contributed by atoms with Crippen molar-refractivity contribution in [2.24, 2.45) is 0 Å². The minimum Gasteiger partial charge on any atom is -0.324 e. The van der Waals surface area contributed by atoms with Gasteiger partial charge in [-0.25, -0.2) is 0 Å². The minimum atomic E-state index is -0.359. The molecule has 0 heterocycles. The van der Waals surface area contributed by atoms with Gasteiger partial charge in [0.1, 0.15) is 5.78 Å². The fourth-order valence-corrected chi connectivity index (χ4v) is 1.54. The van der Waals surface area contributed by atoms with Crippen LogP contribution < -0.4 is 5.32 Å². The number of hydrogen-bond donors (Lipinski definition) is 1. The van der Waals surface area contributed by atoms with Crippen molar-refractivity contribution in [3.63, 3.8) is 0 Å². The molecule has 0 aliphatic heterocycles. The topological polar surface area (TPSA) is 46.2 Å². The highest BCUT2D eigenvalue weighted by Crippen LogP contribution is 2.25. The number of anilines is 1. The number of benzene rings is 1. The van der Waals surface area contributed by atoms with Crippen molar-refractivity contribution in [3.8, 4) is 0 Å². The third-order valence-electron chi connectivity index (χ3n) is 1.61. The van der Waals surface area contributed by atoms with E-state index in [9.17, 15) is 9.59 Å². The maximum atomic E-state index is 11.3. The summed E-state index contributed by atoms with van der Waals surface area (Å²) in [4.78, 5) is 22.0. The van der Waals surface area contributed by atoms with Gasteiger partial charge in [0.2, 0.25) is 5.91 Å². The monoisotopic (exact) mass is 289 g/mol. The molecule has 15 heavy (non-hydrogen) atoms.